The van der Waals surface area contributed by atoms with E-state index in [1.165, 1.54) is 28.1 Å². The summed E-state index contributed by atoms with van der Waals surface area (Å²) in [4.78, 5) is 2.49. The lowest BCUT2D eigenvalue weighted by molar-refractivity contribution is 0.0699. The van der Waals surface area contributed by atoms with Gasteiger partial charge in [-0.1, -0.05) is 30.3 Å². The van der Waals surface area contributed by atoms with Crippen LogP contribution < -0.4 is 0 Å². The molecule has 0 spiro atoms. The number of aryl methyl sites for hydroxylation is 1. The maximum absolute atomic E-state index is 13.5. The molecule has 0 amide bonds. The first-order chi connectivity index (χ1) is 12.3. The topological polar surface area (TPSA) is 40.6 Å². The van der Waals surface area contributed by atoms with Gasteiger partial charge in [0.2, 0.25) is 10.0 Å². The summed E-state index contributed by atoms with van der Waals surface area (Å²) in [7, 11) is -3.62. The van der Waals surface area contributed by atoms with Gasteiger partial charge in [0.1, 0.15) is 5.82 Å². The van der Waals surface area contributed by atoms with Crippen LogP contribution in [0.5, 0.6) is 0 Å². The molecule has 1 heterocycles. The second-order valence-electron chi connectivity index (χ2n) is 7.09. The van der Waals surface area contributed by atoms with Crippen LogP contribution in [0.25, 0.3) is 0 Å². The third kappa shape index (κ3) is 3.82. The van der Waals surface area contributed by atoms with Gasteiger partial charge in [-0.15, -0.1) is 0 Å². The molecule has 1 fully saturated rings. The highest BCUT2D eigenvalue weighted by atomic mass is 32.2. The Bertz CT molecular complexity index is 859. The Morgan fingerprint density at radius 1 is 1.04 bits per heavy atom. The molecule has 0 aromatic heterocycles. The molecule has 140 valence electrons. The SMILES string of the molecule is Cc1cc(S(=O)(=O)N2CC(C)N(Cc3ccccc3)C(C)C2)ccc1F. The van der Waals surface area contributed by atoms with Gasteiger partial charge in [0.05, 0.1) is 4.90 Å². The zero-order valence-corrected chi connectivity index (χ0v) is 16.2. The average molecular weight is 376 g/mol. The Morgan fingerprint density at radius 2 is 1.65 bits per heavy atom. The molecule has 2 aromatic carbocycles. The normalized spacial score (nSPS) is 22.5. The molecule has 2 unspecified atom stereocenters. The highest BCUT2D eigenvalue weighted by Gasteiger charge is 2.36. The fourth-order valence-electron chi connectivity index (χ4n) is 3.54. The van der Waals surface area contributed by atoms with Crippen LogP contribution >= 0.6 is 0 Å². The summed E-state index contributed by atoms with van der Waals surface area (Å²) in [5.41, 5.74) is 1.56. The standard InChI is InChI=1S/C20H25FN2O2S/c1-15-11-19(9-10-20(15)21)26(24,25)22-12-16(2)23(17(3)13-22)14-18-7-5-4-6-8-18/h4-11,16-17H,12-14H2,1-3H3. The van der Waals surface area contributed by atoms with Gasteiger partial charge in [0.15, 0.2) is 0 Å². The number of rotatable bonds is 4. The van der Waals surface area contributed by atoms with Crippen molar-refractivity contribution in [3.8, 4) is 0 Å². The van der Waals surface area contributed by atoms with E-state index in [0.29, 0.717) is 18.7 Å². The molecule has 6 heteroatoms. The average Bonchev–Trinajstić information content (AvgIpc) is 2.61. The fraction of sp³-hybridized carbons (Fsp3) is 0.400. The van der Waals surface area contributed by atoms with Crippen LogP contribution in [0, 0.1) is 12.7 Å². The van der Waals surface area contributed by atoms with Crippen LogP contribution in [0.4, 0.5) is 4.39 Å². The number of sulfonamides is 1. The van der Waals surface area contributed by atoms with Crippen molar-refractivity contribution in [1.82, 2.24) is 9.21 Å². The quantitative estimate of drug-likeness (QED) is 0.821. The van der Waals surface area contributed by atoms with Gasteiger partial charge in [0, 0.05) is 31.7 Å². The largest absolute Gasteiger partial charge is 0.291 e. The molecular formula is C20H25FN2O2S. The molecular weight excluding hydrogens is 351 g/mol. The second kappa shape index (κ2) is 7.47. The Labute approximate surface area is 155 Å². The van der Waals surface area contributed by atoms with Crippen molar-refractivity contribution in [2.45, 2.75) is 44.3 Å². The molecule has 0 N–H and O–H groups in total. The number of nitrogens with zero attached hydrogens (tertiary/aromatic N) is 2. The summed E-state index contributed by atoms with van der Waals surface area (Å²) in [6, 6.07) is 14.4. The Hall–Kier alpha value is -1.76. The number of piperazine rings is 1. The summed E-state index contributed by atoms with van der Waals surface area (Å²) in [6.45, 7) is 7.34. The zero-order chi connectivity index (χ0) is 18.9. The number of hydrogen-bond acceptors (Lipinski definition) is 3. The molecule has 0 bridgehead atoms. The Kier molecular flexibility index (Phi) is 5.46. The lowest BCUT2D eigenvalue weighted by Crippen LogP contribution is -2.57. The van der Waals surface area contributed by atoms with Gasteiger partial charge < -0.3 is 0 Å². The molecule has 0 saturated carbocycles. The second-order valence-corrected chi connectivity index (χ2v) is 9.03. The van der Waals surface area contributed by atoms with E-state index < -0.39 is 15.8 Å². The molecule has 2 atom stereocenters. The first-order valence-corrected chi connectivity index (χ1v) is 10.3. The lowest BCUT2D eigenvalue weighted by Gasteiger charge is -2.43. The van der Waals surface area contributed by atoms with Gasteiger partial charge in [-0.3, -0.25) is 4.90 Å². The predicted octanol–water partition coefficient (Wildman–Crippen LogP) is 3.42. The summed E-state index contributed by atoms with van der Waals surface area (Å²) in [5, 5.41) is 0. The number of hydrogen-bond donors (Lipinski definition) is 0. The van der Waals surface area contributed by atoms with E-state index >= 15 is 0 Å². The monoisotopic (exact) mass is 376 g/mol. The lowest BCUT2D eigenvalue weighted by atomic mass is 10.1. The van der Waals surface area contributed by atoms with Gasteiger partial charge in [-0.25, -0.2) is 12.8 Å². The van der Waals surface area contributed by atoms with Crippen molar-refractivity contribution in [3.05, 3.63) is 65.5 Å². The minimum atomic E-state index is -3.62. The van der Waals surface area contributed by atoms with Crippen LogP contribution in [-0.2, 0) is 16.6 Å². The van der Waals surface area contributed by atoms with E-state index in [4.69, 9.17) is 0 Å². The third-order valence-electron chi connectivity index (χ3n) is 5.04. The summed E-state index contributed by atoms with van der Waals surface area (Å²) in [5.74, 6) is -0.390. The van der Waals surface area contributed by atoms with Crippen LogP contribution in [0.2, 0.25) is 0 Å². The number of benzene rings is 2. The first kappa shape index (κ1) is 19.0. The molecule has 2 aromatic rings. The maximum Gasteiger partial charge on any atom is 0.243 e. The van der Waals surface area contributed by atoms with E-state index in [-0.39, 0.29) is 17.0 Å². The van der Waals surface area contributed by atoms with Gasteiger partial charge in [-0.2, -0.15) is 4.31 Å². The minimum Gasteiger partial charge on any atom is -0.291 e. The molecule has 26 heavy (non-hydrogen) atoms. The van der Waals surface area contributed by atoms with E-state index in [1.54, 1.807) is 6.92 Å². The van der Waals surface area contributed by atoms with Crippen molar-refractivity contribution in [2.75, 3.05) is 13.1 Å². The maximum atomic E-state index is 13.5. The van der Waals surface area contributed by atoms with E-state index in [1.807, 2.05) is 18.2 Å². The molecule has 4 nitrogen and oxygen atoms in total. The van der Waals surface area contributed by atoms with Crippen LogP contribution in [0.15, 0.2) is 53.4 Å². The Morgan fingerprint density at radius 3 is 2.23 bits per heavy atom. The van der Waals surface area contributed by atoms with Crippen LogP contribution in [0.1, 0.15) is 25.0 Å². The molecule has 0 aliphatic carbocycles. The highest BCUT2D eigenvalue weighted by molar-refractivity contribution is 7.89. The van der Waals surface area contributed by atoms with Crippen molar-refractivity contribution in [2.24, 2.45) is 0 Å². The third-order valence-corrected chi connectivity index (χ3v) is 6.87. The van der Waals surface area contributed by atoms with Crippen LogP contribution in [-0.4, -0.2) is 42.8 Å². The Balaban J connectivity index is 1.78. The van der Waals surface area contributed by atoms with E-state index in [0.717, 1.165) is 6.54 Å². The summed E-state index contributed by atoms with van der Waals surface area (Å²) < 4.78 is 41.0. The van der Waals surface area contributed by atoms with Gasteiger partial charge >= 0.3 is 0 Å². The van der Waals surface area contributed by atoms with Crippen molar-refractivity contribution < 1.29 is 12.8 Å². The smallest absolute Gasteiger partial charge is 0.243 e. The molecule has 0 radical (unpaired) electrons. The zero-order valence-electron chi connectivity index (χ0n) is 15.4. The van der Waals surface area contributed by atoms with E-state index in [2.05, 4.69) is 30.9 Å². The van der Waals surface area contributed by atoms with E-state index in [9.17, 15) is 12.8 Å². The van der Waals surface area contributed by atoms with Gasteiger partial charge in [-0.05, 0) is 50.1 Å². The summed E-state index contributed by atoms with van der Waals surface area (Å²) >= 11 is 0. The summed E-state index contributed by atoms with van der Waals surface area (Å²) in [6.07, 6.45) is 0. The fourth-order valence-corrected chi connectivity index (χ4v) is 5.22. The number of halogens is 1. The van der Waals surface area contributed by atoms with Crippen molar-refractivity contribution >= 4 is 10.0 Å². The minimum absolute atomic E-state index is 0.0928. The highest BCUT2D eigenvalue weighted by Crippen LogP contribution is 2.25. The predicted molar refractivity (Wildman–Crippen MR) is 101 cm³/mol. The first-order valence-electron chi connectivity index (χ1n) is 8.85. The molecule has 1 saturated heterocycles. The van der Waals surface area contributed by atoms with Crippen molar-refractivity contribution in [3.63, 3.8) is 0 Å². The van der Waals surface area contributed by atoms with Crippen LogP contribution in [0.3, 0.4) is 0 Å². The molecule has 1 aliphatic heterocycles. The van der Waals surface area contributed by atoms with Gasteiger partial charge in [0.25, 0.3) is 0 Å². The molecule has 1 aliphatic rings. The molecule has 3 rings (SSSR count). The van der Waals surface area contributed by atoms with Crippen molar-refractivity contribution in [1.29, 1.82) is 0 Å².